The molecule has 0 radical (unpaired) electrons. The average molecular weight is 349 g/mol. The van der Waals surface area contributed by atoms with Crippen molar-refractivity contribution in [3.8, 4) is 6.07 Å². The maximum atomic E-state index is 12.0. The summed E-state index contributed by atoms with van der Waals surface area (Å²) in [6.07, 6.45) is 3.34. The summed E-state index contributed by atoms with van der Waals surface area (Å²) >= 11 is 0. The Bertz CT molecular complexity index is 902. The van der Waals surface area contributed by atoms with Crippen LogP contribution in [-0.4, -0.2) is 37.2 Å². The Morgan fingerprint density at radius 3 is 2.77 bits per heavy atom. The van der Waals surface area contributed by atoms with Crippen molar-refractivity contribution in [2.45, 2.75) is 43.4 Å². The Morgan fingerprint density at radius 2 is 2.04 bits per heavy atom. The first-order valence-corrected chi connectivity index (χ1v) is 9.10. The van der Waals surface area contributed by atoms with Gasteiger partial charge in [0, 0.05) is 32.1 Å². The summed E-state index contributed by atoms with van der Waals surface area (Å²) < 4.78 is 5.73. The quantitative estimate of drug-likeness (QED) is 0.901. The fourth-order valence-corrected chi connectivity index (χ4v) is 4.56. The third-order valence-corrected chi connectivity index (χ3v) is 5.72. The van der Waals surface area contributed by atoms with Gasteiger partial charge in [-0.3, -0.25) is 0 Å². The summed E-state index contributed by atoms with van der Waals surface area (Å²) in [5, 5.41) is 15.3. The van der Waals surface area contributed by atoms with Crippen molar-refractivity contribution in [2.24, 2.45) is 0 Å². The molecule has 3 unspecified atom stereocenters. The van der Waals surface area contributed by atoms with Crippen LogP contribution in [0.3, 0.4) is 0 Å². The molecule has 26 heavy (non-hydrogen) atoms. The van der Waals surface area contributed by atoms with Gasteiger partial charge in [0.2, 0.25) is 0 Å². The summed E-state index contributed by atoms with van der Waals surface area (Å²) in [6, 6.07) is 14.7. The van der Waals surface area contributed by atoms with Crippen LogP contribution in [0, 0.1) is 11.3 Å². The second kappa shape index (κ2) is 6.30. The number of fused-ring (bicyclic) bond motifs is 3. The zero-order chi connectivity index (χ0) is 18.3. The second-order valence-corrected chi connectivity index (χ2v) is 7.62. The largest absolute Gasteiger partial charge is 0.446 e. The number of nitrogens with zero attached hydrogens (tertiary/aromatic N) is 2. The number of amides is 1. The molecule has 2 aromatic rings. The van der Waals surface area contributed by atoms with Crippen LogP contribution in [0.5, 0.6) is 0 Å². The highest BCUT2D eigenvalue weighted by molar-refractivity contribution is 5.91. The number of hydrogen-bond donors (Lipinski definition) is 1. The van der Waals surface area contributed by atoms with E-state index in [1.54, 1.807) is 14.1 Å². The fraction of sp³-hybridized carbons (Fsp3) is 0.429. The molecule has 134 valence electrons. The second-order valence-electron chi connectivity index (χ2n) is 7.62. The van der Waals surface area contributed by atoms with Crippen molar-refractivity contribution < 1.29 is 9.53 Å². The number of carbonyl (C=O) groups is 1. The van der Waals surface area contributed by atoms with E-state index in [-0.39, 0.29) is 17.7 Å². The highest BCUT2D eigenvalue weighted by Crippen LogP contribution is 2.46. The smallest absolute Gasteiger partial charge is 0.409 e. The maximum Gasteiger partial charge on any atom is 0.409 e. The molecule has 2 heterocycles. The van der Waals surface area contributed by atoms with Crippen molar-refractivity contribution >= 4 is 16.9 Å². The number of nitriles is 1. The topological polar surface area (TPSA) is 65.4 Å². The SMILES string of the molecule is CN(C)C(=O)OC1CC2CCC(c3ccc(C#N)c4ccccc34)(C1)N2. The summed E-state index contributed by atoms with van der Waals surface area (Å²) in [5.41, 5.74) is 1.70. The van der Waals surface area contributed by atoms with E-state index in [0.717, 1.165) is 36.5 Å². The zero-order valence-corrected chi connectivity index (χ0v) is 15.2. The minimum Gasteiger partial charge on any atom is -0.446 e. The summed E-state index contributed by atoms with van der Waals surface area (Å²) in [4.78, 5) is 13.5. The monoisotopic (exact) mass is 349 g/mol. The van der Waals surface area contributed by atoms with Crippen molar-refractivity contribution in [3.05, 3.63) is 47.5 Å². The number of ether oxygens (including phenoxy) is 1. The lowest BCUT2D eigenvalue weighted by atomic mass is 9.79. The van der Waals surface area contributed by atoms with Crippen molar-refractivity contribution in [1.82, 2.24) is 10.2 Å². The van der Waals surface area contributed by atoms with Gasteiger partial charge in [0.25, 0.3) is 0 Å². The van der Waals surface area contributed by atoms with Gasteiger partial charge in [-0.2, -0.15) is 5.26 Å². The molecule has 0 aliphatic carbocycles. The molecular weight excluding hydrogens is 326 g/mol. The molecule has 0 spiro atoms. The van der Waals surface area contributed by atoms with Gasteiger partial charge in [-0.05, 0) is 41.7 Å². The average Bonchev–Trinajstić information content (AvgIpc) is 2.96. The predicted octanol–water partition coefficient (Wildman–Crippen LogP) is 3.52. The molecular formula is C21H23N3O2. The third-order valence-electron chi connectivity index (χ3n) is 5.72. The van der Waals surface area contributed by atoms with Crippen molar-refractivity contribution in [2.75, 3.05) is 14.1 Å². The molecule has 5 nitrogen and oxygen atoms in total. The van der Waals surface area contributed by atoms with E-state index < -0.39 is 0 Å². The third kappa shape index (κ3) is 2.71. The Hall–Kier alpha value is -2.58. The van der Waals surface area contributed by atoms with Gasteiger partial charge >= 0.3 is 6.09 Å². The van der Waals surface area contributed by atoms with E-state index >= 15 is 0 Å². The lowest BCUT2D eigenvalue weighted by Gasteiger charge is -2.40. The van der Waals surface area contributed by atoms with Gasteiger partial charge in [0.05, 0.1) is 11.6 Å². The fourth-order valence-electron chi connectivity index (χ4n) is 4.56. The molecule has 2 bridgehead atoms. The summed E-state index contributed by atoms with van der Waals surface area (Å²) in [5.74, 6) is 0. The molecule has 2 fully saturated rings. The Kier molecular flexibility index (Phi) is 4.08. The van der Waals surface area contributed by atoms with E-state index in [1.165, 1.54) is 10.5 Å². The summed E-state index contributed by atoms with van der Waals surface area (Å²) in [7, 11) is 3.42. The zero-order valence-electron chi connectivity index (χ0n) is 15.2. The van der Waals surface area contributed by atoms with Crippen LogP contribution in [0.15, 0.2) is 36.4 Å². The first-order valence-electron chi connectivity index (χ1n) is 9.10. The molecule has 2 aliphatic heterocycles. The highest BCUT2D eigenvalue weighted by Gasteiger charge is 2.48. The molecule has 0 saturated carbocycles. The number of rotatable bonds is 2. The summed E-state index contributed by atoms with van der Waals surface area (Å²) in [6.45, 7) is 0. The van der Waals surface area contributed by atoms with E-state index in [4.69, 9.17) is 4.74 Å². The minimum absolute atomic E-state index is 0.0898. The number of piperidine rings is 1. The lowest BCUT2D eigenvalue weighted by Crippen LogP contribution is -2.50. The van der Waals surface area contributed by atoms with Crippen LogP contribution in [0.2, 0.25) is 0 Å². The molecule has 0 aromatic heterocycles. The van der Waals surface area contributed by atoms with Crippen LogP contribution in [0.4, 0.5) is 4.79 Å². The van der Waals surface area contributed by atoms with Crippen molar-refractivity contribution in [3.63, 3.8) is 0 Å². The van der Waals surface area contributed by atoms with E-state index in [9.17, 15) is 10.1 Å². The molecule has 2 aromatic carbocycles. The number of benzene rings is 2. The Balaban J connectivity index is 1.74. The van der Waals surface area contributed by atoms with Crippen LogP contribution < -0.4 is 5.32 Å². The standard InChI is InChI=1S/C21H23N3O2/c1-24(2)20(25)26-16-11-15-9-10-21(12-16,23-15)19-8-7-14(13-22)17-5-3-4-6-18(17)19/h3-8,15-16,23H,9-12H2,1-2H3. The predicted molar refractivity (Wildman–Crippen MR) is 99.7 cm³/mol. The van der Waals surface area contributed by atoms with Crippen LogP contribution in [-0.2, 0) is 10.3 Å². The van der Waals surface area contributed by atoms with Crippen LogP contribution in [0.1, 0.15) is 36.8 Å². The van der Waals surface area contributed by atoms with Gasteiger partial charge in [0.15, 0.2) is 0 Å². The van der Waals surface area contributed by atoms with Crippen LogP contribution in [0.25, 0.3) is 10.8 Å². The van der Waals surface area contributed by atoms with Gasteiger partial charge in [0.1, 0.15) is 6.10 Å². The normalized spacial score (nSPS) is 27.1. The van der Waals surface area contributed by atoms with Gasteiger partial charge in [-0.1, -0.05) is 30.3 Å². The van der Waals surface area contributed by atoms with E-state index in [0.29, 0.717) is 11.6 Å². The number of carbonyl (C=O) groups excluding carboxylic acids is 1. The molecule has 5 heteroatoms. The van der Waals surface area contributed by atoms with Gasteiger partial charge < -0.3 is 15.0 Å². The number of hydrogen-bond acceptors (Lipinski definition) is 4. The van der Waals surface area contributed by atoms with Gasteiger partial charge in [-0.15, -0.1) is 0 Å². The van der Waals surface area contributed by atoms with Crippen LogP contribution >= 0.6 is 0 Å². The molecule has 2 saturated heterocycles. The molecule has 1 N–H and O–H groups in total. The number of nitrogens with one attached hydrogen (secondary N) is 1. The van der Waals surface area contributed by atoms with Gasteiger partial charge in [-0.25, -0.2) is 4.79 Å². The maximum absolute atomic E-state index is 12.0. The van der Waals surface area contributed by atoms with Crippen molar-refractivity contribution in [1.29, 1.82) is 5.26 Å². The first kappa shape index (κ1) is 16.9. The van der Waals surface area contributed by atoms with E-state index in [1.807, 2.05) is 24.3 Å². The first-order chi connectivity index (χ1) is 12.5. The minimum atomic E-state index is -0.281. The Labute approximate surface area is 153 Å². The molecule has 1 amide bonds. The molecule has 2 aliphatic rings. The van der Waals surface area contributed by atoms with E-state index in [2.05, 4.69) is 23.5 Å². The molecule has 3 atom stereocenters. The lowest BCUT2D eigenvalue weighted by molar-refractivity contribution is 0.0325. The highest BCUT2D eigenvalue weighted by atomic mass is 16.6. The molecule has 4 rings (SSSR count). The Morgan fingerprint density at radius 1 is 1.27 bits per heavy atom.